The molecule has 1 saturated heterocycles. The molecular formula is C24H29N3O4S. The maximum Gasteiger partial charge on any atom is 0.247 e. The van der Waals surface area contributed by atoms with Gasteiger partial charge in [-0.2, -0.15) is 4.31 Å². The van der Waals surface area contributed by atoms with Gasteiger partial charge in [0.05, 0.1) is 11.7 Å². The number of piperazine rings is 1. The molecule has 0 aromatic heterocycles. The molecule has 2 N–H and O–H groups in total. The Morgan fingerprint density at radius 1 is 1.09 bits per heavy atom. The zero-order chi connectivity index (χ0) is 23.1. The molecule has 7 nitrogen and oxygen atoms in total. The Morgan fingerprint density at radius 2 is 1.72 bits per heavy atom. The molecule has 1 unspecified atom stereocenters. The van der Waals surface area contributed by atoms with Crippen LogP contribution in [0.2, 0.25) is 0 Å². The van der Waals surface area contributed by atoms with Crippen LogP contribution >= 0.6 is 0 Å². The molecule has 0 aliphatic carbocycles. The van der Waals surface area contributed by atoms with E-state index in [2.05, 4.69) is 10.8 Å². The summed E-state index contributed by atoms with van der Waals surface area (Å²) in [7, 11) is -3.67. The van der Waals surface area contributed by atoms with Gasteiger partial charge in [0, 0.05) is 37.4 Å². The molecule has 8 heteroatoms. The molecule has 2 atom stereocenters. The van der Waals surface area contributed by atoms with Gasteiger partial charge in [-0.1, -0.05) is 43.2 Å². The van der Waals surface area contributed by atoms with Gasteiger partial charge in [-0.05, 0) is 42.2 Å². The smallest absolute Gasteiger partial charge is 0.247 e. The van der Waals surface area contributed by atoms with Crippen LogP contribution in [0.1, 0.15) is 30.4 Å². The van der Waals surface area contributed by atoms with E-state index in [1.165, 1.54) is 4.31 Å². The van der Waals surface area contributed by atoms with Gasteiger partial charge in [0.25, 0.3) is 0 Å². The molecule has 0 saturated carbocycles. The Hall–Kier alpha value is -2.86. The van der Waals surface area contributed by atoms with Crippen molar-refractivity contribution in [3.05, 3.63) is 65.7 Å². The van der Waals surface area contributed by atoms with E-state index < -0.39 is 21.8 Å². The van der Waals surface area contributed by atoms with Crippen LogP contribution in [0.4, 0.5) is 5.69 Å². The van der Waals surface area contributed by atoms with Crippen molar-refractivity contribution in [2.45, 2.75) is 19.3 Å². The number of hydrogen-bond acceptors (Lipinski definition) is 5. The molecule has 1 aliphatic rings. The average Bonchev–Trinajstić information content (AvgIpc) is 2.83. The van der Waals surface area contributed by atoms with Gasteiger partial charge in [0.2, 0.25) is 15.9 Å². The van der Waals surface area contributed by atoms with Crippen LogP contribution in [-0.2, 0) is 14.8 Å². The summed E-state index contributed by atoms with van der Waals surface area (Å²) in [5, 5.41) is 9.17. The second kappa shape index (κ2) is 10.6. The molecular weight excluding hydrogens is 426 g/mol. The largest absolute Gasteiger partial charge is 0.369 e. The summed E-state index contributed by atoms with van der Waals surface area (Å²) in [4.78, 5) is 14.4. The van der Waals surface area contributed by atoms with E-state index in [-0.39, 0.29) is 11.7 Å². The molecule has 1 aliphatic heterocycles. The SMILES string of the molecule is C#Cc1ccc(N2CCN(S(=O)(=O)CC(C[C@H](C)c3ccccc3)C(=O)NO)CC2)cc1. The van der Waals surface area contributed by atoms with Crippen molar-refractivity contribution in [3.63, 3.8) is 0 Å². The third-order valence-electron chi connectivity index (χ3n) is 5.93. The standard InChI is InChI=1S/C24H29N3O4S/c1-3-20-9-11-23(12-10-20)26-13-15-27(16-14-26)32(30,31)18-22(24(28)25-29)17-19(2)21-7-5-4-6-8-21/h1,4-12,19,22,29H,13-18H2,2H3,(H,25,28)/t19-,22?/m0/s1. The number of terminal acetylenes is 1. The van der Waals surface area contributed by atoms with Crippen molar-refractivity contribution in [1.82, 2.24) is 9.79 Å². The lowest BCUT2D eigenvalue weighted by Crippen LogP contribution is -2.50. The quantitative estimate of drug-likeness (QED) is 0.363. The average molecular weight is 456 g/mol. The molecule has 3 rings (SSSR count). The van der Waals surface area contributed by atoms with Gasteiger partial charge in [0.15, 0.2) is 0 Å². The number of carbonyl (C=O) groups excluding carboxylic acids is 1. The van der Waals surface area contributed by atoms with Crippen LogP contribution in [-0.4, -0.2) is 55.8 Å². The Labute approximate surface area is 190 Å². The Morgan fingerprint density at radius 3 is 2.28 bits per heavy atom. The lowest BCUT2D eigenvalue weighted by atomic mass is 9.91. The summed E-state index contributed by atoms with van der Waals surface area (Å²) < 4.78 is 27.6. The number of nitrogens with zero attached hydrogens (tertiary/aromatic N) is 2. The minimum atomic E-state index is -3.67. The van der Waals surface area contributed by atoms with E-state index in [0.29, 0.717) is 32.6 Å². The summed E-state index contributed by atoms with van der Waals surface area (Å²) in [6, 6.07) is 17.2. The highest BCUT2D eigenvalue weighted by Gasteiger charge is 2.33. The van der Waals surface area contributed by atoms with Crippen LogP contribution in [0.15, 0.2) is 54.6 Å². The number of carbonyl (C=O) groups is 1. The van der Waals surface area contributed by atoms with E-state index in [1.807, 2.05) is 61.5 Å². The molecule has 170 valence electrons. The lowest BCUT2D eigenvalue weighted by Gasteiger charge is -2.36. The van der Waals surface area contributed by atoms with Crippen LogP contribution < -0.4 is 10.4 Å². The summed E-state index contributed by atoms with van der Waals surface area (Å²) in [5.74, 6) is 0.683. The number of rotatable bonds is 8. The van der Waals surface area contributed by atoms with Crippen LogP contribution in [0.5, 0.6) is 0 Å². The van der Waals surface area contributed by atoms with Gasteiger partial charge >= 0.3 is 0 Å². The number of benzene rings is 2. The van der Waals surface area contributed by atoms with Crippen LogP contribution in [0.25, 0.3) is 0 Å². The molecule has 0 bridgehead atoms. The second-order valence-corrected chi connectivity index (χ2v) is 10.1. The monoisotopic (exact) mass is 455 g/mol. The fourth-order valence-corrected chi connectivity index (χ4v) is 5.77. The molecule has 0 spiro atoms. The molecule has 32 heavy (non-hydrogen) atoms. The molecule has 0 radical (unpaired) electrons. The highest BCUT2D eigenvalue weighted by Crippen LogP contribution is 2.26. The number of amides is 1. The number of nitrogens with one attached hydrogen (secondary N) is 1. The minimum absolute atomic E-state index is 0.0310. The Balaban J connectivity index is 1.63. The second-order valence-electron chi connectivity index (χ2n) is 8.08. The van der Waals surface area contributed by atoms with Crippen molar-refractivity contribution < 1.29 is 18.4 Å². The van der Waals surface area contributed by atoms with E-state index in [1.54, 1.807) is 5.48 Å². The van der Waals surface area contributed by atoms with Gasteiger partial charge < -0.3 is 4.90 Å². The van der Waals surface area contributed by atoms with Gasteiger partial charge in [-0.25, -0.2) is 13.9 Å². The summed E-state index contributed by atoms with van der Waals surface area (Å²) in [6.07, 6.45) is 5.71. The third kappa shape index (κ3) is 5.88. The van der Waals surface area contributed by atoms with Gasteiger partial charge in [-0.15, -0.1) is 6.42 Å². The first-order valence-corrected chi connectivity index (χ1v) is 12.2. The fourth-order valence-electron chi connectivity index (χ4n) is 4.04. The van der Waals surface area contributed by atoms with E-state index in [9.17, 15) is 13.2 Å². The fraction of sp³-hybridized carbons (Fsp3) is 0.375. The van der Waals surface area contributed by atoms with E-state index in [4.69, 9.17) is 11.6 Å². The van der Waals surface area contributed by atoms with Crippen molar-refractivity contribution >= 4 is 21.6 Å². The molecule has 2 aromatic carbocycles. The number of anilines is 1. The first-order valence-electron chi connectivity index (χ1n) is 10.6. The first kappa shape index (κ1) is 23.8. The minimum Gasteiger partial charge on any atom is -0.369 e. The van der Waals surface area contributed by atoms with Crippen molar-refractivity contribution in [1.29, 1.82) is 0 Å². The third-order valence-corrected chi connectivity index (χ3v) is 7.91. The molecule has 1 fully saturated rings. The maximum atomic E-state index is 13.1. The zero-order valence-corrected chi connectivity index (χ0v) is 19.0. The highest BCUT2D eigenvalue weighted by molar-refractivity contribution is 7.89. The van der Waals surface area contributed by atoms with Gasteiger partial charge in [0.1, 0.15) is 0 Å². The number of hydrogen-bond donors (Lipinski definition) is 2. The normalized spacial score (nSPS) is 16.7. The predicted octanol–water partition coefficient (Wildman–Crippen LogP) is 2.44. The zero-order valence-electron chi connectivity index (χ0n) is 18.1. The number of hydroxylamine groups is 1. The Kier molecular flexibility index (Phi) is 7.91. The first-order chi connectivity index (χ1) is 15.3. The summed E-state index contributed by atoms with van der Waals surface area (Å²) >= 11 is 0. The molecule has 2 aromatic rings. The predicted molar refractivity (Wildman–Crippen MR) is 125 cm³/mol. The maximum absolute atomic E-state index is 13.1. The highest BCUT2D eigenvalue weighted by atomic mass is 32.2. The topological polar surface area (TPSA) is 90.0 Å². The molecule has 1 amide bonds. The lowest BCUT2D eigenvalue weighted by molar-refractivity contribution is -0.133. The Bertz CT molecular complexity index is 1040. The molecule has 1 heterocycles. The van der Waals surface area contributed by atoms with Crippen molar-refractivity contribution in [3.8, 4) is 12.3 Å². The summed E-state index contributed by atoms with van der Waals surface area (Å²) in [6.45, 7) is 3.71. The van der Waals surface area contributed by atoms with E-state index in [0.717, 1.165) is 16.8 Å². The van der Waals surface area contributed by atoms with Crippen molar-refractivity contribution in [2.75, 3.05) is 36.8 Å². The van der Waals surface area contributed by atoms with Crippen molar-refractivity contribution in [2.24, 2.45) is 5.92 Å². The van der Waals surface area contributed by atoms with Crippen LogP contribution in [0, 0.1) is 18.3 Å². The van der Waals surface area contributed by atoms with Gasteiger partial charge in [-0.3, -0.25) is 10.0 Å². The van der Waals surface area contributed by atoms with E-state index >= 15 is 0 Å². The summed E-state index contributed by atoms with van der Waals surface area (Å²) in [5.41, 5.74) is 4.45. The van der Waals surface area contributed by atoms with Crippen LogP contribution in [0.3, 0.4) is 0 Å². The number of sulfonamides is 1.